The van der Waals surface area contributed by atoms with Crippen LogP contribution in [0, 0.1) is 6.92 Å². The van der Waals surface area contributed by atoms with Gasteiger partial charge in [0.15, 0.2) is 0 Å². The van der Waals surface area contributed by atoms with Crippen molar-refractivity contribution < 1.29 is 17.7 Å². The topological polar surface area (TPSA) is 146 Å². The third-order valence-corrected chi connectivity index (χ3v) is 4.63. The van der Waals surface area contributed by atoms with Gasteiger partial charge in [-0.15, -0.1) is 0 Å². The van der Waals surface area contributed by atoms with Crippen LogP contribution in [-0.4, -0.2) is 54.2 Å². The highest BCUT2D eigenvalue weighted by atomic mass is 32.2. The van der Waals surface area contributed by atoms with E-state index in [1.54, 1.807) is 13.0 Å². The highest BCUT2D eigenvalue weighted by molar-refractivity contribution is 7.85. The van der Waals surface area contributed by atoms with E-state index >= 15 is 0 Å². The lowest BCUT2D eigenvalue weighted by Gasteiger charge is -2.26. The molecular weight excluding hydrogens is 348 g/mol. The molecule has 0 bridgehead atoms. The van der Waals surface area contributed by atoms with Gasteiger partial charge in [-0.25, -0.2) is 8.42 Å². The first-order valence-corrected chi connectivity index (χ1v) is 8.91. The Kier molecular flexibility index (Phi) is 4.70. The summed E-state index contributed by atoms with van der Waals surface area (Å²) in [7, 11) is -4.57. The molecule has 1 aliphatic heterocycles. The second-order valence-electron chi connectivity index (χ2n) is 5.48. The summed E-state index contributed by atoms with van der Waals surface area (Å²) in [5, 5.41) is 2.86. The molecule has 1 aliphatic rings. The Bertz CT molecular complexity index is 883. The van der Waals surface area contributed by atoms with Crippen LogP contribution < -0.4 is 16.0 Å². The van der Waals surface area contributed by atoms with Gasteiger partial charge in [-0.3, -0.25) is 0 Å². The van der Waals surface area contributed by atoms with Crippen molar-refractivity contribution in [1.82, 2.24) is 15.0 Å². The average Bonchev–Trinajstić information content (AvgIpc) is 2.56. The first-order valence-electron chi connectivity index (χ1n) is 7.51. The Morgan fingerprint density at radius 1 is 1.24 bits per heavy atom. The van der Waals surface area contributed by atoms with Crippen LogP contribution in [0.5, 0.6) is 0 Å². The molecule has 3 N–H and O–H groups in total. The molecule has 1 fully saturated rings. The maximum absolute atomic E-state index is 11.3. The number of benzene rings is 1. The SMILES string of the molecule is Cc1ccc(Nc2nc(N)nc(N3CCOCC3)n2)cc1S(=O)(=O)[O-]. The van der Waals surface area contributed by atoms with Crippen molar-refractivity contribution in [1.29, 1.82) is 0 Å². The maximum atomic E-state index is 11.3. The molecule has 1 aromatic heterocycles. The lowest BCUT2D eigenvalue weighted by atomic mass is 10.2. The predicted molar refractivity (Wildman–Crippen MR) is 89.7 cm³/mol. The molecular formula is C14H17N6O4S-. The lowest BCUT2D eigenvalue weighted by Crippen LogP contribution is -2.37. The second-order valence-corrected chi connectivity index (χ2v) is 6.82. The molecule has 0 atom stereocenters. The Morgan fingerprint density at radius 2 is 1.96 bits per heavy atom. The lowest BCUT2D eigenvalue weighted by molar-refractivity contribution is 0.122. The summed E-state index contributed by atoms with van der Waals surface area (Å²) in [6.07, 6.45) is 0. The number of hydrogen-bond donors (Lipinski definition) is 2. The molecule has 0 unspecified atom stereocenters. The summed E-state index contributed by atoms with van der Waals surface area (Å²) in [5.41, 5.74) is 6.46. The van der Waals surface area contributed by atoms with E-state index in [1.165, 1.54) is 12.1 Å². The summed E-state index contributed by atoms with van der Waals surface area (Å²) < 4.78 is 39.2. The van der Waals surface area contributed by atoms with Gasteiger partial charge < -0.3 is 25.2 Å². The van der Waals surface area contributed by atoms with Gasteiger partial charge in [0.05, 0.1) is 18.1 Å². The molecule has 25 heavy (non-hydrogen) atoms. The van der Waals surface area contributed by atoms with E-state index in [1.807, 2.05) is 4.90 Å². The van der Waals surface area contributed by atoms with Gasteiger partial charge in [0, 0.05) is 18.8 Å². The number of hydrogen-bond acceptors (Lipinski definition) is 10. The van der Waals surface area contributed by atoms with E-state index < -0.39 is 10.1 Å². The van der Waals surface area contributed by atoms with Crippen LogP contribution in [0.4, 0.5) is 23.5 Å². The molecule has 1 saturated heterocycles. The van der Waals surface area contributed by atoms with E-state index in [9.17, 15) is 13.0 Å². The fourth-order valence-corrected chi connectivity index (χ4v) is 3.15. The Morgan fingerprint density at radius 3 is 2.64 bits per heavy atom. The van der Waals surface area contributed by atoms with Gasteiger partial charge in [-0.2, -0.15) is 15.0 Å². The fraction of sp³-hybridized carbons (Fsp3) is 0.357. The number of nitrogens with one attached hydrogen (secondary N) is 1. The third-order valence-electron chi connectivity index (χ3n) is 3.65. The first-order chi connectivity index (χ1) is 11.8. The van der Waals surface area contributed by atoms with Gasteiger partial charge in [0.2, 0.25) is 17.8 Å². The van der Waals surface area contributed by atoms with Gasteiger partial charge >= 0.3 is 0 Å². The van der Waals surface area contributed by atoms with Crippen molar-refractivity contribution in [3.63, 3.8) is 0 Å². The van der Waals surface area contributed by atoms with Crippen molar-refractivity contribution in [3.8, 4) is 0 Å². The van der Waals surface area contributed by atoms with Gasteiger partial charge in [-0.05, 0) is 24.6 Å². The van der Waals surface area contributed by atoms with E-state index in [2.05, 4.69) is 20.3 Å². The minimum Gasteiger partial charge on any atom is -0.744 e. The number of rotatable bonds is 4. The molecule has 0 aliphatic carbocycles. The molecule has 2 heterocycles. The summed E-state index contributed by atoms with van der Waals surface area (Å²) in [4.78, 5) is 14.0. The summed E-state index contributed by atoms with van der Waals surface area (Å²) in [6, 6.07) is 4.39. The van der Waals surface area contributed by atoms with E-state index in [4.69, 9.17) is 10.5 Å². The molecule has 1 aromatic carbocycles. The summed E-state index contributed by atoms with van der Waals surface area (Å²) in [6.45, 7) is 3.94. The number of nitrogens with two attached hydrogens (primary N) is 1. The number of ether oxygens (including phenoxy) is 1. The normalized spacial score (nSPS) is 15.2. The van der Waals surface area contributed by atoms with Crippen molar-refractivity contribution in [2.75, 3.05) is 42.3 Å². The zero-order chi connectivity index (χ0) is 18.0. The molecule has 2 aromatic rings. The minimum atomic E-state index is -4.57. The number of morpholine rings is 1. The van der Waals surface area contributed by atoms with E-state index in [0.717, 1.165) is 0 Å². The second kappa shape index (κ2) is 6.78. The zero-order valence-electron chi connectivity index (χ0n) is 13.5. The quantitative estimate of drug-likeness (QED) is 0.722. The average molecular weight is 365 g/mol. The van der Waals surface area contributed by atoms with E-state index in [-0.39, 0.29) is 16.8 Å². The molecule has 134 valence electrons. The fourth-order valence-electron chi connectivity index (χ4n) is 2.42. The highest BCUT2D eigenvalue weighted by Crippen LogP contribution is 2.23. The smallest absolute Gasteiger partial charge is 0.233 e. The summed E-state index contributed by atoms with van der Waals surface area (Å²) >= 11 is 0. The number of nitrogens with zero attached hydrogens (tertiary/aromatic N) is 4. The van der Waals surface area contributed by atoms with Gasteiger partial charge in [0.1, 0.15) is 10.1 Å². The van der Waals surface area contributed by atoms with Crippen LogP contribution in [0.15, 0.2) is 23.1 Å². The van der Waals surface area contributed by atoms with Crippen LogP contribution in [-0.2, 0) is 14.9 Å². The number of anilines is 4. The molecule has 10 nitrogen and oxygen atoms in total. The molecule has 3 rings (SSSR count). The monoisotopic (exact) mass is 365 g/mol. The Hall–Kier alpha value is -2.50. The maximum Gasteiger partial charge on any atom is 0.233 e. The van der Waals surface area contributed by atoms with Crippen molar-refractivity contribution in [3.05, 3.63) is 23.8 Å². The van der Waals surface area contributed by atoms with Crippen molar-refractivity contribution in [2.45, 2.75) is 11.8 Å². The van der Waals surface area contributed by atoms with Crippen molar-refractivity contribution in [2.24, 2.45) is 0 Å². The van der Waals surface area contributed by atoms with Gasteiger partial charge in [0.25, 0.3) is 0 Å². The highest BCUT2D eigenvalue weighted by Gasteiger charge is 2.16. The van der Waals surface area contributed by atoms with E-state index in [0.29, 0.717) is 43.5 Å². The standard InChI is InChI=1S/C14H18N6O4S/c1-9-2-3-10(8-11(9)25(21,22)23)16-13-17-12(15)18-14(19-13)20-4-6-24-7-5-20/h2-3,8H,4-7H2,1H3,(H,21,22,23)(H3,15,16,17,18,19)/p-1. The molecule has 0 amide bonds. The number of aromatic nitrogens is 3. The van der Waals surface area contributed by atoms with Crippen LogP contribution >= 0.6 is 0 Å². The molecule has 0 saturated carbocycles. The van der Waals surface area contributed by atoms with Crippen LogP contribution in [0.2, 0.25) is 0 Å². The molecule has 11 heteroatoms. The third kappa shape index (κ3) is 4.13. The molecule has 0 radical (unpaired) electrons. The Labute approximate surface area is 144 Å². The van der Waals surface area contributed by atoms with Gasteiger partial charge in [-0.1, -0.05) is 6.07 Å². The first kappa shape index (κ1) is 17.3. The number of aryl methyl sites for hydroxylation is 1. The number of nitrogen functional groups attached to an aromatic ring is 1. The van der Waals surface area contributed by atoms with Crippen LogP contribution in [0.3, 0.4) is 0 Å². The minimum absolute atomic E-state index is 0.0303. The zero-order valence-corrected chi connectivity index (χ0v) is 14.3. The molecule has 0 spiro atoms. The predicted octanol–water partition coefficient (Wildman–Crippen LogP) is 0.247. The largest absolute Gasteiger partial charge is 0.744 e. The van der Waals surface area contributed by atoms with Crippen molar-refractivity contribution >= 4 is 33.7 Å². The Balaban J connectivity index is 1.89. The summed E-state index contributed by atoms with van der Waals surface area (Å²) in [5.74, 6) is 0.594. The van der Waals surface area contributed by atoms with Crippen LogP contribution in [0.1, 0.15) is 5.56 Å². The van der Waals surface area contributed by atoms with Crippen LogP contribution in [0.25, 0.3) is 0 Å².